The van der Waals surface area contributed by atoms with Gasteiger partial charge < -0.3 is 20.6 Å². The zero-order chi connectivity index (χ0) is 19.4. The Labute approximate surface area is 167 Å². The Kier molecular flexibility index (Phi) is 6.34. The molecule has 2 unspecified atom stereocenters. The van der Waals surface area contributed by atoms with Gasteiger partial charge in [0.25, 0.3) is 0 Å². The van der Waals surface area contributed by atoms with Gasteiger partial charge in [0.2, 0.25) is 0 Å². The third-order valence-electron chi connectivity index (χ3n) is 4.39. The summed E-state index contributed by atoms with van der Waals surface area (Å²) in [5.41, 5.74) is 1.35. The summed E-state index contributed by atoms with van der Waals surface area (Å²) in [6, 6.07) is 12.3. The highest BCUT2D eigenvalue weighted by Gasteiger charge is 2.23. The van der Waals surface area contributed by atoms with E-state index in [4.69, 9.17) is 0 Å². The van der Waals surface area contributed by atoms with E-state index >= 15 is 0 Å². The van der Waals surface area contributed by atoms with Crippen LogP contribution in [0.4, 0.5) is 10.1 Å². The Morgan fingerprint density at radius 2 is 1.89 bits per heavy atom. The molecule has 0 radical (unpaired) electrons. The van der Waals surface area contributed by atoms with Crippen LogP contribution in [0.1, 0.15) is 19.4 Å². The van der Waals surface area contributed by atoms with Crippen molar-refractivity contribution >= 4 is 27.6 Å². The Balaban J connectivity index is 1.86. The number of halogens is 2. The number of aliphatic imine (C=N–C) groups is 1. The van der Waals surface area contributed by atoms with Crippen molar-refractivity contribution in [3.8, 4) is 5.75 Å². The fourth-order valence-electron chi connectivity index (χ4n) is 3.22. The summed E-state index contributed by atoms with van der Waals surface area (Å²) < 4.78 is 14.9. The highest BCUT2D eigenvalue weighted by molar-refractivity contribution is 9.10. The van der Waals surface area contributed by atoms with E-state index in [-0.39, 0.29) is 18.1 Å². The Bertz CT molecular complexity index is 802. The number of benzene rings is 2. The van der Waals surface area contributed by atoms with Gasteiger partial charge in [-0.05, 0) is 56.3 Å². The molecule has 0 aliphatic carbocycles. The van der Waals surface area contributed by atoms with Crippen molar-refractivity contribution < 1.29 is 9.50 Å². The van der Waals surface area contributed by atoms with Crippen LogP contribution in [0.15, 0.2) is 51.9 Å². The highest BCUT2D eigenvalue weighted by atomic mass is 79.9. The molecule has 0 spiro atoms. The molecule has 1 aliphatic heterocycles. The number of phenols is 1. The number of hydrogen-bond acceptors (Lipinski definition) is 3. The molecule has 5 nitrogen and oxygen atoms in total. The summed E-state index contributed by atoms with van der Waals surface area (Å²) in [5, 5.41) is 16.3. The van der Waals surface area contributed by atoms with Crippen molar-refractivity contribution in [2.24, 2.45) is 4.99 Å². The van der Waals surface area contributed by atoms with Crippen LogP contribution in [0.2, 0.25) is 0 Å². The van der Waals surface area contributed by atoms with Crippen molar-refractivity contribution in [3.63, 3.8) is 0 Å². The number of aromatic hydroxyl groups is 1. The van der Waals surface area contributed by atoms with E-state index in [1.165, 1.54) is 6.07 Å². The quantitative estimate of drug-likeness (QED) is 0.388. The summed E-state index contributed by atoms with van der Waals surface area (Å²) >= 11 is 3.38. The summed E-state index contributed by atoms with van der Waals surface area (Å²) in [4.78, 5) is 6.86. The maximum atomic E-state index is 14.1. The number of rotatable bonds is 3. The second kappa shape index (κ2) is 8.71. The molecule has 1 saturated heterocycles. The fourth-order valence-corrected chi connectivity index (χ4v) is 3.63. The molecule has 2 atom stereocenters. The Hall–Kier alpha value is -2.12. The van der Waals surface area contributed by atoms with E-state index in [1.807, 2.05) is 0 Å². The molecular formula is C20H24BrFN4O. The zero-order valence-electron chi connectivity index (χ0n) is 15.4. The minimum Gasteiger partial charge on any atom is -0.508 e. The van der Waals surface area contributed by atoms with Crippen LogP contribution in [-0.2, 0) is 6.54 Å². The molecule has 2 aromatic carbocycles. The maximum Gasteiger partial charge on any atom is 0.198 e. The third-order valence-corrected chi connectivity index (χ3v) is 4.88. The van der Waals surface area contributed by atoms with Gasteiger partial charge in [-0.2, -0.15) is 0 Å². The molecule has 7 heteroatoms. The maximum absolute atomic E-state index is 14.1. The molecule has 3 N–H and O–H groups in total. The lowest BCUT2D eigenvalue weighted by molar-refractivity contribution is 0.254. The molecule has 1 heterocycles. The second-order valence-corrected chi connectivity index (χ2v) is 7.84. The summed E-state index contributed by atoms with van der Waals surface area (Å²) in [6.07, 6.45) is 0. The van der Waals surface area contributed by atoms with Crippen molar-refractivity contribution in [1.29, 1.82) is 0 Å². The average Bonchev–Trinajstić information content (AvgIpc) is 2.62. The van der Waals surface area contributed by atoms with Gasteiger partial charge in [0, 0.05) is 40.9 Å². The molecule has 0 bridgehead atoms. The number of hydrogen-bond donors (Lipinski definition) is 3. The molecule has 27 heavy (non-hydrogen) atoms. The topological polar surface area (TPSA) is 59.9 Å². The van der Waals surface area contributed by atoms with Crippen LogP contribution in [-0.4, -0.2) is 41.1 Å². The lowest BCUT2D eigenvalue weighted by Crippen LogP contribution is -2.57. The van der Waals surface area contributed by atoms with E-state index < -0.39 is 0 Å². The van der Waals surface area contributed by atoms with Gasteiger partial charge in [-0.15, -0.1) is 0 Å². The Morgan fingerprint density at radius 3 is 2.56 bits per heavy atom. The van der Waals surface area contributed by atoms with Crippen LogP contribution in [0.5, 0.6) is 5.75 Å². The fraction of sp³-hybridized carbons (Fsp3) is 0.350. The third kappa shape index (κ3) is 5.43. The SMILES string of the molecule is CC1CN(C(=NCc2cc(Br)ccc2F)Nc2ccc(O)cc2)CC(C)N1. The van der Waals surface area contributed by atoms with Gasteiger partial charge in [-0.3, -0.25) is 0 Å². The predicted molar refractivity (Wildman–Crippen MR) is 111 cm³/mol. The van der Waals surface area contributed by atoms with Crippen molar-refractivity contribution in [1.82, 2.24) is 10.2 Å². The van der Waals surface area contributed by atoms with Crippen molar-refractivity contribution in [3.05, 3.63) is 58.3 Å². The van der Waals surface area contributed by atoms with Gasteiger partial charge in [0.1, 0.15) is 11.6 Å². The molecule has 0 aromatic heterocycles. The van der Waals surface area contributed by atoms with E-state index in [0.717, 1.165) is 23.2 Å². The van der Waals surface area contributed by atoms with E-state index in [0.29, 0.717) is 23.6 Å². The summed E-state index contributed by atoms with van der Waals surface area (Å²) in [6.45, 7) is 6.10. The lowest BCUT2D eigenvalue weighted by Gasteiger charge is -2.38. The number of guanidine groups is 1. The van der Waals surface area contributed by atoms with Gasteiger partial charge in [-0.1, -0.05) is 15.9 Å². The molecule has 0 saturated carbocycles. The number of nitrogens with zero attached hydrogens (tertiary/aromatic N) is 2. The second-order valence-electron chi connectivity index (χ2n) is 6.92. The summed E-state index contributed by atoms with van der Waals surface area (Å²) in [5.74, 6) is 0.632. The predicted octanol–water partition coefficient (Wildman–Crippen LogP) is 3.94. The smallest absolute Gasteiger partial charge is 0.198 e. The van der Waals surface area contributed by atoms with Gasteiger partial charge >= 0.3 is 0 Å². The monoisotopic (exact) mass is 434 g/mol. The van der Waals surface area contributed by atoms with Gasteiger partial charge in [0.05, 0.1) is 6.54 Å². The van der Waals surface area contributed by atoms with Crippen LogP contribution in [0.25, 0.3) is 0 Å². The molecule has 3 rings (SSSR count). The van der Waals surface area contributed by atoms with Gasteiger partial charge in [0.15, 0.2) is 5.96 Å². The molecular weight excluding hydrogens is 411 g/mol. The Morgan fingerprint density at radius 1 is 1.22 bits per heavy atom. The number of piperazine rings is 1. The highest BCUT2D eigenvalue weighted by Crippen LogP contribution is 2.18. The first-order valence-corrected chi connectivity index (χ1v) is 9.75. The number of phenolic OH excluding ortho intramolecular Hbond substituents is 1. The molecule has 0 amide bonds. The van der Waals surface area contributed by atoms with Crippen molar-refractivity contribution in [2.75, 3.05) is 18.4 Å². The van der Waals surface area contributed by atoms with E-state index in [1.54, 1.807) is 36.4 Å². The van der Waals surface area contributed by atoms with E-state index in [2.05, 4.69) is 50.3 Å². The van der Waals surface area contributed by atoms with Crippen LogP contribution < -0.4 is 10.6 Å². The number of anilines is 1. The minimum atomic E-state index is -0.270. The first-order valence-electron chi connectivity index (χ1n) is 8.96. The van der Waals surface area contributed by atoms with Crippen molar-refractivity contribution in [2.45, 2.75) is 32.5 Å². The molecule has 144 valence electrons. The zero-order valence-corrected chi connectivity index (χ0v) is 17.0. The largest absolute Gasteiger partial charge is 0.508 e. The first kappa shape index (κ1) is 19.6. The summed E-state index contributed by atoms with van der Waals surface area (Å²) in [7, 11) is 0. The normalized spacial score (nSPS) is 20.6. The number of nitrogens with one attached hydrogen (secondary N) is 2. The standard InChI is InChI=1S/C20H24BrFN4O/c1-13-11-26(12-14(2)24-13)20(25-17-4-6-18(27)7-5-17)23-10-15-9-16(21)3-8-19(15)22/h3-9,13-14,24,27H,10-12H2,1-2H3,(H,23,25). The van der Waals surface area contributed by atoms with Crippen LogP contribution in [0, 0.1) is 5.82 Å². The molecule has 1 aliphatic rings. The lowest BCUT2D eigenvalue weighted by atomic mass is 10.1. The van der Waals surface area contributed by atoms with Crippen LogP contribution >= 0.6 is 15.9 Å². The van der Waals surface area contributed by atoms with Crippen LogP contribution in [0.3, 0.4) is 0 Å². The average molecular weight is 435 g/mol. The minimum absolute atomic E-state index is 0.208. The van der Waals surface area contributed by atoms with E-state index in [9.17, 15) is 9.50 Å². The van der Waals surface area contributed by atoms with Gasteiger partial charge in [-0.25, -0.2) is 9.38 Å². The first-order chi connectivity index (χ1) is 12.9. The molecule has 2 aromatic rings. The molecule has 1 fully saturated rings.